The highest BCUT2D eigenvalue weighted by atomic mass is 35.5. The molecule has 6 heteroatoms. The zero-order chi connectivity index (χ0) is 13.5. The van der Waals surface area contributed by atoms with Crippen LogP contribution in [0.3, 0.4) is 0 Å². The van der Waals surface area contributed by atoms with Crippen LogP contribution in [0.4, 0.5) is 0 Å². The van der Waals surface area contributed by atoms with Crippen LogP contribution in [0.2, 0.25) is 10.0 Å². The Morgan fingerprint density at radius 3 is 2.33 bits per heavy atom. The Hall–Kier alpha value is -0.360. The smallest absolute Gasteiger partial charge is 0.178 e. The van der Waals surface area contributed by atoms with Crippen LogP contribution in [0, 0.1) is 0 Å². The van der Waals surface area contributed by atoms with Gasteiger partial charge in [-0.1, -0.05) is 35.3 Å². The molecule has 0 radical (unpaired) electrons. The number of nitrogens with one attached hydrogen (secondary N) is 1. The summed E-state index contributed by atoms with van der Waals surface area (Å²) in [4.78, 5) is 0. The number of benzene rings is 1. The van der Waals surface area contributed by atoms with Gasteiger partial charge in [-0.2, -0.15) is 0 Å². The molecule has 18 heavy (non-hydrogen) atoms. The molecule has 4 nitrogen and oxygen atoms in total. The minimum absolute atomic E-state index is 0.379. The normalized spacial score (nSPS) is 13.0. The summed E-state index contributed by atoms with van der Waals surface area (Å²) in [6.07, 6.45) is -0.513. The summed E-state index contributed by atoms with van der Waals surface area (Å²) in [5.41, 5.74) is 3.41. The van der Waals surface area contributed by atoms with Crippen LogP contribution in [0.1, 0.15) is 25.5 Å². The fourth-order valence-electron chi connectivity index (χ4n) is 1.64. The number of hydrazine groups is 1. The van der Waals surface area contributed by atoms with E-state index in [2.05, 4.69) is 5.43 Å². The average Bonchev–Trinajstić information content (AvgIpc) is 2.36. The molecule has 0 bridgehead atoms. The largest absolute Gasteiger partial charge is 0.351 e. The molecule has 0 saturated heterocycles. The van der Waals surface area contributed by atoms with Gasteiger partial charge in [0.2, 0.25) is 0 Å². The van der Waals surface area contributed by atoms with Gasteiger partial charge < -0.3 is 9.47 Å². The fraction of sp³-hybridized carbons (Fsp3) is 0.500. The summed E-state index contributed by atoms with van der Waals surface area (Å²) < 4.78 is 11.0. The first-order valence-corrected chi connectivity index (χ1v) is 6.54. The van der Waals surface area contributed by atoms with Crippen molar-refractivity contribution in [1.82, 2.24) is 5.43 Å². The van der Waals surface area contributed by atoms with E-state index < -0.39 is 6.29 Å². The van der Waals surface area contributed by atoms with Crippen LogP contribution in [-0.4, -0.2) is 19.5 Å². The molecule has 0 spiro atoms. The van der Waals surface area contributed by atoms with Crippen LogP contribution in [0.5, 0.6) is 0 Å². The van der Waals surface area contributed by atoms with E-state index in [0.29, 0.717) is 23.3 Å². The molecule has 1 aromatic rings. The maximum Gasteiger partial charge on any atom is 0.178 e. The number of halogens is 2. The molecule has 1 aromatic carbocycles. The summed E-state index contributed by atoms with van der Waals surface area (Å²) >= 11 is 12.2. The van der Waals surface area contributed by atoms with Crippen molar-refractivity contribution < 1.29 is 9.47 Å². The summed E-state index contributed by atoms with van der Waals surface area (Å²) in [5, 5.41) is 0.924. The summed E-state index contributed by atoms with van der Waals surface area (Å²) in [7, 11) is 0. The third-order valence-electron chi connectivity index (χ3n) is 2.43. The van der Waals surface area contributed by atoms with Crippen molar-refractivity contribution in [2.75, 3.05) is 13.2 Å². The molecule has 102 valence electrons. The van der Waals surface area contributed by atoms with E-state index in [1.165, 1.54) is 0 Å². The number of nitrogens with two attached hydrogens (primary N) is 1. The zero-order valence-corrected chi connectivity index (χ0v) is 12.0. The number of hydrogen-bond donors (Lipinski definition) is 2. The monoisotopic (exact) mass is 292 g/mol. The topological polar surface area (TPSA) is 56.5 Å². The van der Waals surface area contributed by atoms with Crippen molar-refractivity contribution in [1.29, 1.82) is 0 Å². The average molecular weight is 293 g/mol. The summed E-state index contributed by atoms with van der Waals surface area (Å²) in [6.45, 7) is 4.81. The maximum atomic E-state index is 6.17. The van der Waals surface area contributed by atoms with Crippen LogP contribution < -0.4 is 11.3 Å². The highest BCUT2D eigenvalue weighted by Crippen LogP contribution is 2.32. The lowest BCUT2D eigenvalue weighted by molar-refractivity contribution is -0.155. The van der Waals surface area contributed by atoms with Crippen molar-refractivity contribution >= 4 is 23.2 Å². The first-order chi connectivity index (χ1) is 8.65. The molecule has 0 aliphatic rings. The third kappa shape index (κ3) is 3.82. The van der Waals surface area contributed by atoms with Crippen molar-refractivity contribution in [3.63, 3.8) is 0 Å². The van der Waals surface area contributed by atoms with Gasteiger partial charge in [-0.3, -0.25) is 5.84 Å². The molecule has 1 atom stereocenters. The quantitative estimate of drug-likeness (QED) is 0.461. The van der Waals surface area contributed by atoms with Crippen molar-refractivity contribution in [2.24, 2.45) is 5.84 Å². The van der Waals surface area contributed by atoms with Crippen molar-refractivity contribution in [3.05, 3.63) is 33.8 Å². The van der Waals surface area contributed by atoms with Crippen LogP contribution in [0.15, 0.2) is 18.2 Å². The lowest BCUT2D eigenvalue weighted by Gasteiger charge is -2.27. The first-order valence-electron chi connectivity index (χ1n) is 5.78. The molecule has 0 heterocycles. The van der Waals surface area contributed by atoms with Gasteiger partial charge in [0.05, 0.1) is 16.1 Å². The minimum atomic E-state index is -0.513. The van der Waals surface area contributed by atoms with Gasteiger partial charge in [-0.25, -0.2) is 5.43 Å². The second-order valence-electron chi connectivity index (χ2n) is 3.57. The van der Waals surface area contributed by atoms with Crippen LogP contribution in [0.25, 0.3) is 0 Å². The molecule has 1 unspecified atom stereocenters. The minimum Gasteiger partial charge on any atom is -0.351 e. The Morgan fingerprint density at radius 1 is 1.22 bits per heavy atom. The Kier molecular flexibility index (Phi) is 6.92. The van der Waals surface area contributed by atoms with Gasteiger partial charge in [0.25, 0.3) is 0 Å². The number of hydrogen-bond acceptors (Lipinski definition) is 4. The Labute approximate surface area is 117 Å². The second kappa shape index (κ2) is 7.94. The Bertz CT molecular complexity index is 371. The zero-order valence-electron chi connectivity index (χ0n) is 10.5. The van der Waals surface area contributed by atoms with E-state index >= 15 is 0 Å². The molecule has 0 saturated carbocycles. The molecule has 3 N–H and O–H groups in total. The molecular weight excluding hydrogens is 275 g/mol. The van der Waals surface area contributed by atoms with Crippen LogP contribution >= 0.6 is 23.2 Å². The third-order valence-corrected chi connectivity index (χ3v) is 3.26. The molecular formula is C12H18Cl2N2O2. The predicted octanol–water partition coefficient (Wildman–Crippen LogP) is 2.90. The maximum absolute atomic E-state index is 6.17. The van der Waals surface area contributed by atoms with E-state index in [-0.39, 0.29) is 6.04 Å². The number of rotatable bonds is 7. The lowest BCUT2D eigenvalue weighted by Crippen LogP contribution is -2.39. The molecule has 0 amide bonds. The van der Waals surface area contributed by atoms with E-state index in [0.717, 1.165) is 5.56 Å². The van der Waals surface area contributed by atoms with Gasteiger partial charge >= 0.3 is 0 Å². The SMILES string of the molecule is CCOC(OCC)C(NN)c1cccc(Cl)c1Cl. The van der Waals surface area contributed by atoms with Crippen LogP contribution in [-0.2, 0) is 9.47 Å². The van der Waals surface area contributed by atoms with Gasteiger partial charge in [0.15, 0.2) is 6.29 Å². The highest BCUT2D eigenvalue weighted by Gasteiger charge is 2.25. The van der Waals surface area contributed by atoms with Gasteiger partial charge in [-0.05, 0) is 25.5 Å². The Balaban J connectivity index is 3.02. The van der Waals surface area contributed by atoms with E-state index in [4.69, 9.17) is 38.5 Å². The molecule has 0 aromatic heterocycles. The van der Waals surface area contributed by atoms with Gasteiger partial charge in [0.1, 0.15) is 0 Å². The molecule has 0 aliphatic heterocycles. The standard InChI is InChI=1S/C12H18Cl2N2O2/c1-3-17-12(18-4-2)11(16-15)8-6-5-7-9(13)10(8)14/h5-7,11-12,16H,3-4,15H2,1-2H3. The predicted molar refractivity (Wildman–Crippen MR) is 73.6 cm³/mol. The van der Waals surface area contributed by atoms with Gasteiger partial charge in [-0.15, -0.1) is 0 Å². The van der Waals surface area contributed by atoms with E-state index in [1.807, 2.05) is 26.0 Å². The molecule has 0 fully saturated rings. The van der Waals surface area contributed by atoms with Crippen molar-refractivity contribution in [3.8, 4) is 0 Å². The second-order valence-corrected chi connectivity index (χ2v) is 4.35. The lowest BCUT2D eigenvalue weighted by atomic mass is 10.1. The van der Waals surface area contributed by atoms with Gasteiger partial charge in [0, 0.05) is 13.2 Å². The van der Waals surface area contributed by atoms with E-state index in [1.54, 1.807) is 6.07 Å². The highest BCUT2D eigenvalue weighted by molar-refractivity contribution is 6.42. The summed E-state index contributed by atoms with van der Waals surface area (Å²) in [5.74, 6) is 5.57. The summed E-state index contributed by atoms with van der Waals surface area (Å²) in [6, 6.07) is 4.99. The molecule has 1 rings (SSSR count). The van der Waals surface area contributed by atoms with E-state index in [9.17, 15) is 0 Å². The fourth-order valence-corrected chi connectivity index (χ4v) is 2.07. The number of ether oxygens (including phenoxy) is 2. The van der Waals surface area contributed by atoms with Crippen molar-refractivity contribution in [2.45, 2.75) is 26.2 Å². The first kappa shape index (κ1) is 15.7. The molecule has 0 aliphatic carbocycles. The Morgan fingerprint density at radius 2 is 1.83 bits per heavy atom.